The second-order valence-corrected chi connectivity index (χ2v) is 4.42. The van der Waals surface area contributed by atoms with E-state index in [9.17, 15) is 4.79 Å². The van der Waals surface area contributed by atoms with Crippen LogP contribution in [0.3, 0.4) is 0 Å². The number of thioether (sulfide) groups is 1. The van der Waals surface area contributed by atoms with Crippen molar-refractivity contribution < 1.29 is 4.79 Å². The Kier molecular flexibility index (Phi) is 6.15. The van der Waals surface area contributed by atoms with Gasteiger partial charge in [-0.2, -0.15) is 17.0 Å². The van der Waals surface area contributed by atoms with Gasteiger partial charge >= 0.3 is 0 Å². The fourth-order valence-electron chi connectivity index (χ4n) is 1.32. The molecule has 0 aliphatic carbocycles. The Bertz CT molecular complexity index is 388. The number of benzene rings is 1. The van der Waals surface area contributed by atoms with E-state index in [1.54, 1.807) is 0 Å². The van der Waals surface area contributed by atoms with Gasteiger partial charge in [-0.05, 0) is 12.1 Å². The lowest BCUT2D eigenvalue weighted by molar-refractivity contribution is -0.116. The zero-order valence-corrected chi connectivity index (χ0v) is 10.3. The summed E-state index contributed by atoms with van der Waals surface area (Å²) in [6, 6.07) is 11.2. The van der Waals surface area contributed by atoms with Crippen LogP contribution in [0.1, 0.15) is 0 Å². The number of carbonyl (C=O) groups excluding carboxylic acids is 1. The van der Waals surface area contributed by atoms with Crippen LogP contribution in [0, 0.1) is 11.3 Å². The summed E-state index contributed by atoms with van der Waals surface area (Å²) in [5, 5.41) is 8.75. The first-order valence-electron chi connectivity index (χ1n) is 5.29. The van der Waals surface area contributed by atoms with Crippen LogP contribution in [0.4, 0.5) is 5.69 Å². The van der Waals surface area contributed by atoms with Gasteiger partial charge < -0.3 is 5.73 Å². The normalized spacial score (nSPS) is 9.65. The molecule has 2 N–H and O–H groups in total. The summed E-state index contributed by atoms with van der Waals surface area (Å²) in [5.74, 6) is 1.05. The third-order valence-corrected chi connectivity index (χ3v) is 3.06. The SMILES string of the molecule is N#CCN(C(=O)CSCCN)c1ccccc1. The second-order valence-electron chi connectivity index (χ2n) is 3.31. The zero-order chi connectivity index (χ0) is 12.5. The lowest BCUT2D eigenvalue weighted by Gasteiger charge is -2.19. The summed E-state index contributed by atoms with van der Waals surface area (Å²) in [7, 11) is 0. The van der Waals surface area contributed by atoms with Crippen LogP contribution in [-0.4, -0.2) is 30.5 Å². The van der Waals surface area contributed by atoms with Crippen LogP contribution in [-0.2, 0) is 4.79 Å². The molecule has 0 fully saturated rings. The third-order valence-electron chi connectivity index (χ3n) is 2.09. The molecule has 1 aromatic rings. The van der Waals surface area contributed by atoms with Crippen LogP contribution in [0.15, 0.2) is 30.3 Å². The summed E-state index contributed by atoms with van der Waals surface area (Å²) in [6.07, 6.45) is 0. The molecular formula is C12H15N3OS. The summed E-state index contributed by atoms with van der Waals surface area (Å²) >= 11 is 1.48. The molecule has 0 saturated heterocycles. The standard InChI is InChI=1S/C12H15N3OS/c13-6-8-15(11-4-2-1-3-5-11)12(16)10-17-9-7-14/h1-5H,7-10,14H2. The van der Waals surface area contributed by atoms with Crippen molar-refractivity contribution in [2.45, 2.75) is 0 Å². The van der Waals surface area contributed by atoms with Gasteiger partial charge in [0.15, 0.2) is 0 Å². The molecule has 0 aliphatic rings. The highest BCUT2D eigenvalue weighted by molar-refractivity contribution is 7.99. The molecule has 0 spiro atoms. The van der Waals surface area contributed by atoms with Crippen molar-refractivity contribution in [3.05, 3.63) is 30.3 Å². The van der Waals surface area contributed by atoms with E-state index in [-0.39, 0.29) is 12.5 Å². The molecule has 0 aliphatic heterocycles. The van der Waals surface area contributed by atoms with Gasteiger partial charge in [-0.1, -0.05) is 18.2 Å². The molecule has 0 bridgehead atoms. The number of hydrogen-bond acceptors (Lipinski definition) is 4. The van der Waals surface area contributed by atoms with Gasteiger partial charge in [-0.15, -0.1) is 0 Å². The van der Waals surface area contributed by atoms with E-state index in [0.29, 0.717) is 12.3 Å². The molecule has 90 valence electrons. The number of anilines is 1. The Labute approximate surface area is 105 Å². The van der Waals surface area contributed by atoms with Crippen molar-refractivity contribution in [2.24, 2.45) is 5.73 Å². The first kappa shape index (κ1) is 13.6. The van der Waals surface area contributed by atoms with Crippen molar-refractivity contribution in [1.29, 1.82) is 5.26 Å². The predicted octanol–water partition coefficient (Wildman–Crippen LogP) is 1.24. The molecule has 4 nitrogen and oxygen atoms in total. The molecule has 17 heavy (non-hydrogen) atoms. The van der Waals surface area contributed by atoms with E-state index in [0.717, 1.165) is 11.4 Å². The highest BCUT2D eigenvalue weighted by Gasteiger charge is 2.14. The Morgan fingerprint density at radius 2 is 2.12 bits per heavy atom. The number of para-hydroxylation sites is 1. The summed E-state index contributed by atoms with van der Waals surface area (Å²) in [4.78, 5) is 13.4. The number of nitrogens with zero attached hydrogens (tertiary/aromatic N) is 2. The molecule has 1 aromatic carbocycles. The minimum atomic E-state index is -0.0591. The lowest BCUT2D eigenvalue weighted by atomic mass is 10.3. The highest BCUT2D eigenvalue weighted by Crippen LogP contribution is 2.14. The van der Waals surface area contributed by atoms with Gasteiger partial charge in [0, 0.05) is 18.0 Å². The van der Waals surface area contributed by atoms with Gasteiger partial charge in [0.2, 0.25) is 5.91 Å². The van der Waals surface area contributed by atoms with E-state index in [1.807, 2.05) is 36.4 Å². The van der Waals surface area contributed by atoms with Crippen molar-refractivity contribution in [3.8, 4) is 6.07 Å². The Balaban J connectivity index is 2.66. The average Bonchev–Trinajstić information content (AvgIpc) is 2.37. The Morgan fingerprint density at radius 3 is 2.71 bits per heavy atom. The zero-order valence-electron chi connectivity index (χ0n) is 9.50. The second kappa shape index (κ2) is 7.71. The topological polar surface area (TPSA) is 70.1 Å². The molecule has 0 unspecified atom stereocenters. The number of carbonyl (C=O) groups is 1. The fourth-order valence-corrected chi connectivity index (χ4v) is 1.96. The van der Waals surface area contributed by atoms with E-state index >= 15 is 0 Å². The molecule has 0 radical (unpaired) electrons. The summed E-state index contributed by atoms with van der Waals surface area (Å²) < 4.78 is 0. The maximum atomic E-state index is 11.9. The maximum Gasteiger partial charge on any atom is 0.237 e. The van der Waals surface area contributed by atoms with Gasteiger partial charge in [-0.25, -0.2) is 0 Å². The summed E-state index contributed by atoms with van der Waals surface area (Å²) in [6.45, 7) is 0.633. The van der Waals surface area contributed by atoms with E-state index in [1.165, 1.54) is 16.7 Å². The summed E-state index contributed by atoms with van der Waals surface area (Å²) in [5.41, 5.74) is 6.12. The van der Waals surface area contributed by atoms with Gasteiger partial charge in [0.05, 0.1) is 11.8 Å². The van der Waals surface area contributed by atoms with Crippen molar-refractivity contribution in [2.75, 3.05) is 29.5 Å². The molecule has 1 rings (SSSR count). The minimum absolute atomic E-state index is 0.0591. The molecule has 1 amide bonds. The minimum Gasteiger partial charge on any atom is -0.330 e. The largest absolute Gasteiger partial charge is 0.330 e. The van der Waals surface area contributed by atoms with E-state index < -0.39 is 0 Å². The first-order chi connectivity index (χ1) is 8.29. The lowest BCUT2D eigenvalue weighted by Crippen LogP contribution is -2.33. The molecule has 0 heterocycles. The average molecular weight is 249 g/mol. The Morgan fingerprint density at radius 1 is 1.41 bits per heavy atom. The van der Waals surface area contributed by atoms with Gasteiger partial charge in [0.25, 0.3) is 0 Å². The molecule has 5 heteroatoms. The first-order valence-corrected chi connectivity index (χ1v) is 6.45. The van der Waals surface area contributed by atoms with Gasteiger partial charge in [0.1, 0.15) is 6.54 Å². The smallest absolute Gasteiger partial charge is 0.237 e. The molecule has 0 saturated carbocycles. The van der Waals surface area contributed by atoms with Crippen LogP contribution in [0.5, 0.6) is 0 Å². The van der Waals surface area contributed by atoms with E-state index in [4.69, 9.17) is 11.0 Å². The van der Waals surface area contributed by atoms with Crippen molar-refractivity contribution in [1.82, 2.24) is 0 Å². The fraction of sp³-hybridized carbons (Fsp3) is 0.333. The van der Waals surface area contributed by atoms with Crippen LogP contribution in [0.2, 0.25) is 0 Å². The monoisotopic (exact) mass is 249 g/mol. The van der Waals surface area contributed by atoms with Crippen molar-refractivity contribution >= 4 is 23.4 Å². The van der Waals surface area contributed by atoms with Crippen LogP contribution in [0.25, 0.3) is 0 Å². The molecule has 0 aromatic heterocycles. The number of nitriles is 1. The third kappa shape index (κ3) is 4.47. The number of amides is 1. The number of rotatable bonds is 6. The molecule has 0 atom stereocenters. The maximum absolute atomic E-state index is 11.9. The molecular weight excluding hydrogens is 234 g/mol. The number of nitrogens with two attached hydrogens (primary N) is 1. The van der Waals surface area contributed by atoms with Crippen LogP contribution >= 0.6 is 11.8 Å². The van der Waals surface area contributed by atoms with Crippen LogP contribution < -0.4 is 10.6 Å². The van der Waals surface area contributed by atoms with Crippen molar-refractivity contribution in [3.63, 3.8) is 0 Å². The highest BCUT2D eigenvalue weighted by atomic mass is 32.2. The number of hydrogen-bond donors (Lipinski definition) is 1. The quantitative estimate of drug-likeness (QED) is 0.608. The van der Waals surface area contributed by atoms with Gasteiger partial charge in [-0.3, -0.25) is 9.69 Å². The Hall–Kier alpha value is -1.51. The van der Waals surface area contributed by atoms with E-state index in [2.05, 4.69) is 0 Å². The predicted molar refractivity (Wildman–Crippen MR) is 70.8 cm³/mol.